The third-order valence-corrected chi connectivity index (χ3v) is 6.48. The fourth-order valence-electron chi connectivity index (χ4n) is 3.10. The SMILES string of the molecule is O=C(O)c1scc2c1C(=O)N(c1cccc(SCc3ccccc3)c1)C(=O)C2. The minimum absolute atomic E-state index is 0.0201. The van der Waals surface area contributed by atoms with Gasteiger partial charge in [-0.25, -0.2) is 9.69 Å². The molecule has 1 aliphatic heterocycles. The number of benzene rings is 2. The van der Waals surface area contributed by atoms with E-state index in [0.717, 1.165) is 26.9 Å². The van der Waals surface area contributed by atoms with E-state index >= 15 is 0 Å². The molecule has 3 aromatic rings. The van der Waals surface area contributed by atoms with Crippen LogP contribution >= 0.6 is 23.1 Å². The lowest BCUT2D eigenvalue weighted by Gasteiger charge is -2.26. The van der Waals surface area contributed by atoms with Gasteiger partial charge < -0.3 is 5.11 Å². The second kappa shape index (κ2) is 7.61. The molecule has 140 valence electrons. The monoisotopic (exact) mass is 409 g/mol. The van der Waals surface area contributed by atoms with Gasteiger partial charge in [0.15, 0.2) is 0 Å². The summed E-state index contributed by atoms with van der Waals surface area (Å²) in [6.07, 6.45) is 0.0201. The zero-order valence-corrected chi connectivity index (χ0v) is 16.3. The quantitative estimate of drug-likeness (QED) is 0.497. The lowest BCUT2D eigenvalue weighted by Crippen LogP contribution is -2.42. The van der Waals surface area contributed by atoms with Crippen molar-refractivity contribution >= 4 is 46.6 Å². The molecule has 0 fully saturated rings. The first-order valence-corrected chi connectivity index (χ1v) is 10.4. The first kappa shape index (κ1) is 18.5. The minimum atomic E-state index is -1.15. The number of fused-ring (bicyclic) bond motifs is 1. The Bertz CT molecular complexity index is 1080. The summed E-state index contributed by atoms with van der Waals surface area (Å²) >= 11 is 2.59. The molecule has 0 saturated carbocycles. The van der Waals surface area contributed by atoms with Crippen LogP contribution in [0.4, 0.5) is 5.69 Å². The smallest absolute Gasteiger partial charge is 0.346 e. The van der Waals surface area contributed by atoms with E-state index in [-0.39, 0.29) is 22.8 Å². The molecular weight excluding hydrogens is 394 g/mol. The Balaban J connectivity index is 1.61. The fourth-order valence-corrected chi connectivity index (χ4v) is 4.90. The van der Waals surface area contributed by atoms with Gasteiger partial charge in [0.25, 0.3) is 5.91 Å². The summed E-state index contributed by atoms with van der Waals surface area (Å²) in [5.41, 5.74) is 2.25. The number of hydrogen-bond donors (Lipinski definition) is 1. The van der Waals surface area contributed by atoms with Crippen LogP contribution in [-0.4, -0.2) is 22.9 Å². The first-order chi connectivity index (χ1) is 13.5. The fraction of sp³-hybridized carbons (Fsp3) is 0.0952. The minimum Gasteiger partial charge on any atom is -0.477 e. The number of thioether (sulfide) groups is 1. The van der Waals surface area contributed by atoms with Crippen LogP contribution in [-0.2, 0) is 17.0 Å². The predicted molar refractivity (Wildman–Crippen MR) is 109 cm³/mol. The van der Waals surface area contributed by atoms with Crippen molar-refractivity contribution in [1.82, 2.24) is 0 Å². The van der Waals surface area contributed by atoms with Crippen LogP contribution in [0.25, 0.3) is 0 Å². The van der Waals surface area contributed by atoms with Crippen molar-refractivity contribution in [2.24, 2.45) is 0 Å². The van der Waals surface area contributed by atoms with Crippen molar-refractivity contribution < 1.29 is 19.5 Å². The van der Waals surface area contributed by atoms with Crippen LogP contribution in [0.5, 0.6) is 0 Å². The molecule has 0 saturated heterocycles. The maximum Gasteiger partial charge on any atom is 0.346 e. The molecule has 5 nitrogen and oxygen atoms in total. The highest BCUT2D eigenvalue weighted by atomic mass is 32.2. The number of anilines is 1. The molecule has 0 aliphatic carbocycles. The van der Waals surface area contributed by atoms with Gasteiger partial charge in [-0.1, -0.05) is 36.4 Å². The highest BCUT2D eigenvalue weighted by molar-refractivity contribution is 7.98. The summed E-state index contributed by atoms with van der Waals surface area (Å²) in [6, 6.07) is 17.2. The zero-order valence-electron chi connectivity index (χ0n) is 14.6. The van der Waals surface area contributed by atoms with Gasteiger partial charge in [0, 0.05) is 10.6 Å². The van der Waals surface area contributed by atoms with Crippen LogP contribution < -0.4 is 4.90 Å². The molecule has 1 aromatic heterocycles. The predicted octanol–water partition coefficient (Wildman–Crippen LogP) is 4.47. The number of carbonyl (C=O) groups excluding carboxylic acids is 2. The summed E-state index contributed by atoms with van der Waals surface area (Å²) in [6.45, 7) is 0. The molecule has 0 spiro atoms. The summed E-state index contributed by atoms with van der Waals surface area (Å²) < 4.78 is 0. The third kappa shape index (κ3) is 3.46. The lowest BCUT2D eigenvalue weighted by molar-refractivity contribution is -0.117. The molecule has 0 bridgehead atoms. The topological polar surface area (TPSA) is 74.7 Å². The van der Waals surface area contributed by atoms with E-state index < -0.39 is 11.9 Å². The Kier molecular flexibility index (Phi) is 5.02. The lowest BCUT2D eigenvalue weighted by atomic mass is 10.0. The summed E-state index contributed by atoms with van der Waals surface area (Å²) in [7, 11) is 0. The molecule has 1 aliphatic rings. The molecule has 0 unspecified atom stereocenters. The van der Waals surface area contributed by atoms with Crippen LogP contribution in [0.2, 0.25) is 0 Å². The molecule has 2 amide bonds. The summed E-state index contributed by atoms with van der Waals surface area (Å²) in [5, 5.41) is 10.9. The van der Waals surface area contributed by atoms with E-state index in [4.69, 9.17) is 0 Å². The Morgan fingerprint density at radius 3 is 2.64 bits per heavy atom. The second-order valence-corrected chi connectivity index (χ2v) is 8.18. The maximum absolute atomic E-state index is 12.9. The number of nitrogens with zero attached hydrogens (tertiary/aromatic N) is 1. The van der Waals surface area contributed by atoms with Crippen LogP contribution in [0.15, 0.2) is 64.9 Å². The zero-order chi connectivity index (χ0) is 19.7. The van der Waals surface area contributed by atoms with Crippen molar-refractivity contribution in [2.45, 2.75) is 17.1 Å². The highest BCUT2D eigenvalue weighted by Gasteiger charge is 2.36. The number of imide groups is 1. The van der Waals surface area contributed by atoms with Gasteiger partial charge in [0.1, 0.15) is 4.88 Å². The number of carbonyl (C=O) groups is 3. The van der Waals surface area contributed by atoms with Crippen molar-refractivity contribution in [3.05, 3.63) is 81.5 Å². The average Bonchev–Trinajstić information content (AvgIpc) is 3.12. The van der Waals surface area contributed by atoms with Gasteiger partial charge in [-0.3, -0.25) is 9.59 Å². The van der Waals surface area contributed by atoms with E-state index in [1.54, 1.807) is 35.3 Å². The molecule has 7 heteroatoms. The molecule has 0 radical (unpaired) electrons. The first-order valence-electron chi connectivity index (χ1n) is 8.52. The van der Waals surface area contributed by atoms with E-state index in [2.05, 4.69) is 0 Å². The Morgan fingerprint density at radius 2 is 1.89 bits per heavy atom. The maximum atomic E-state index is 12.9. The molecule has 4 rings (SSSR count). The number of rotatable bonds is 5. The van der Waals surface area contributed by atoms with Gasteiger partial charge in [0.05, 0.1) is 17.7 Å². The van der Waals surface area contributed by atoms with Crippen molar-refractivity contribution in [1.29, 1.82) is 0 Å². The third-order valence-electron chi connectivity index (χ3n) is 4.39. The Labute approximate surface area is 169 Å². The molecule has 2 heterocycles. The van der Waals surface area contributed by atoms with E-state index in [9.17, 15) is 19.5 Å². The normalized spacial score (nSPS) is 13.5. The molecule has 1 N–H and O–H groups in total. The standard InChI is InChI=1S/C21H15NO4S2/c23-17-9-14-12-28-19(21(25)26)18(14)20(24)22(17)15-7-4-8-16(10-15)27-11-13-5-2-1-3-6-13/h1-8,10,12H,9,11H2,(H,25,26). The summed E-state index contributed by atoms with van der Waals surface area (Å²) in [4.78, 5) is 39.0. The molecule has 2 aromatic carbocycles. The van der Waals surface area contributed by atoms with Gasteiger partial charge in [-0.05, 0) is 34.7 Å². The number of aromatic carboxylic acids is 1. The highest BCUT2D eigenvalue weighted by Crippen LogP contribution is 2.33. The Hall–Kier alpha value is -2.90. The number of hydrogen-bond acceptors (Lipinski definition) is 5. The molecular formula is C21H15NO4S2. The van der Waals surface area contributed by atoms with Crippen LogP contribution in [0, 0.1) is 0 Å². The van der Waals surface area contributed by atoms with Crippen LogP contribution in [0.3, 0.4) is 0 Å². The van der Waals surface area contributed by atoms with Gasteiger partial charge >= 0.3 is 5.97 Å². The van der Waals surface area contributed by atoms with E-state index in [1.807, 2.05) is 36.4 Å². The number of carboxylic acid groups (broad SMARTS) is 1. The van der Waals surface area contributed by atoms with Gasteiger partial charge in [0.2, 0.25) is 5.91 Å². The van der Waals surface area contributed by atoms with Crippen molar-refractivity contribution in [3.8, 4) is 0 Å². The van der Waals surface area contributed by atoms with Gasteiger partial charge in [-0.2, -0.15) is 0 Å². The average molecular weight is 409 g/mol. The van der Waals surface area contributed by atoms with Gasteiger partial charge in [-0.15, -0.1) is 23.1 Å². The molecule has 0 atom stereocenters. The van der Waals surface area contributed by atoms with E-state index in [0.29, 0.717) is 11.3 Å². The Morgan fingerprint density at radius 1 is 1.11 bits per heavy atom. The second-order valence-electron chi connectivity index (χ2n) is 6.25. The number of amides is 2. The van der Waals surface area contributed by atoms with Crippen molar-refractivity contribution in [2.75, 3.05) is 4.90 Å². The van der Waals surface area contributed by atoms with Crippen molar-refractivity contribution in [3.63, 3.8) is 0 Å². The number of carboxylic acids is 1. The summed E-state index contributed by atoms with van der Waals surface area (Å²) in [5.74, 6) is -1.31. The number of thiophene rings is 1. The molecule has 28 heavy (non-hydrogen) atoms. The van der Waals surface area contributed by atoms with Crippen LogP contribution in [0.1, 0.15) is 31.2 Å². The largest absolute Gasteiger partial charge is 0.477 e. The van der Waals surface area contributed by atoms with E-state index in [1.165, 1.54) is 5.56 Å².